The van der Waals surface area contributed by atoms with E-state index in [-0.39, 0.29) is 12.1 Å². The third kappa shape index (κ3) is 3.87. The van der Waals surface area contributed by atoms with Crippen molar-refractivity contribution in [3.8, 4) is 11.3 Å². The van der Waals surface area contributed by atoms with Crippen LogP contribution in [0.5, 0.6) is 0 Å². The molecular formula is C21H26N6O2. The van der Waals surface area contributed by atoms with Crippen molar-refractivity contribution in [2.75, 3.05) is 24.5 Å². The van der Waals surface area contributed by atoms with E-state index in [2.05, 4.69) is 24.8 Å². The van der Waals surface area contributed by atoms with Crippen LogP contribution in [0.2, 0.25) is 0 Å². The van der Waals surface area contributed by atoms with Crippen molar-refractivity contribution in [1.82, 2.24) is 24.8 Å². The number of hydrogen-bond donors (Lipinski definition) is 1. The number of pyridine rings is 1. The molecule has 4 heterocycles. The number of amides is 1. The van der Waals surface area contributed by atoms with Gasteiger partial charge in [-0.2, -0.15) is 0 Å². The maximum Gasteiger partial charge on any atom is 0.410 e. The number of H-pyrrole nitrogens is 1. The highest BCUT2D eigenvalue weighted by atomic mass is 16.6. The average Bonchev–Trinajstić information content (AvgIpc) is 3.11. The molecule has 3 aromatic heterocycles. The van der Waals surface area contributed by atoms with Gasteiger partial charge < -0.3 is 19.5 Å². The first-order valence-corrected chi connectivity index (χ1v) is 9.81. The van der Waals surface area contributed by atoms with Crippen molar-refractivity contribution in [1.29, 1.82) is 0 Å². The van der Waals surface area contributed by atoms with E-state index >= 15 is 0 Å². The lowest BCUT2D eigenvalue weighted by Gasteiger charge is -2.40. The molecule has 1 N–H and O–H groups in total. The first-order chi connectivity index (χ1) is 13.8. The van der Waals surface area contributed by atoms with Gasteiger partial charge in [0.25, 0.3) is 0 Å². The van der Waals surface area contributed by atoms with Crippen molar-refractivity contribution in [2.24, 2.45) is 0 Å². The molecule has 8 heteroatoms. The lowest BCUT2D eigenvalue weighted by molar-refractivity contribution is 0.0159. The molecule has 152 valence electrons. The van der Waals surface area contributed by atoms with Gasteiger partial charge in [0.15, 0.2) is 0 Å². The minimum Gasteiger partial charge on any atom is -0.444 e. The lowest BCUT2D eigenvalue weighted by atomic mass is 10.1. The van der Waals surface area contributed by atoms with E-state index in [9.17, 15) is 4.79 Å². The van der Waals surface area contributed by atoms with E-state index in [1.165, 1.54) is 0 Å². The average molecular weight is 394 g/mol. The summed E-state index contributed by atoms with van der Waals surface area (Å²) in [6, 6.07) is 5.84. The molecule has 1 fully saturated rings. The molecule has 0 saturated carbocycles. The van der Waals surface area contributed by atoms with Crippen LogP contribution in [0.25, 0.3) is 22.3 Å². The summed E-state index contributed by atoms with van der Waals surface area (Å²) in [5.74, 6) is 0.854. The Morgan fingerprint density at radius 2 is 2.03 bits per heavy atom. The number of aromatic amines is 1. The Bertz CT molecular complexity index is 1010. The van der Waals surface area contributed by atoms with Crippen LogP contribution in [-0.2, 0) is 4.74 Å². The number of aromatic nitrogens is 4. The van der Waals surface area contributed by atoms with Crippen LogP contribution in [-0.4, -0.2) is 62.2 Å². The minimum absolute atomic E-state index is 0.000794. The minimum atomic E-state index is -0.504. The van der Waals surface area contributed by atoms with E-state index in [0.29, 0.717) is 19.6 Å². The van der Waals surface area contributed by atoms with E-state index in [0.717, 1.165) is 28.1 Å². The number of ether oxygens (including phenoxy) is 1. The number of rotatable bonds is 2. The largest absolute Gasteiger partial charge is 0.444 e. The number of fused-ring (bicyclic) bond motifs is 1. The van der Waals surface area contributed by atoms with Gasteiger partial charge in [0.1, 0.15) is 23.4 Å². The summed E-state index contributed by atoms with van der Waals surface area (Å²) in [7, 11) is 0. The predicted octanol–water partition coefficient (Wildman–Crippen LogP) is 3.47. The molecule has 1 amide bonds. The SMILES string of the molecule is C[C@@H]1CN(c2ncnc3[nH]cc(-c4ccccn4)c23)CCN1C(=O)OC(C)(C)C. The Kier molecular flexibility index (Phi) is 4.86. The van der Waals surface area contributed by atoms with Gasteiger partial charge in [0.05, 0.1) is 11.1 Å². The summed E-state index contributed by atoms with van der Waals surface area (Å²) < 4.78 is 5.55. The Balaban J connectivity index is 1.62. The second-order valence-corrected chi connectivity index (χ2v) is 8.31. The maximum absolute atomic E-state index is 12.5. The van der Waals surface area contributed by atoms with Crippen molar-refractivity contribution in [3.63, 3.8) is 0 Å². The zero-order valence-electron chi connectivity index (χ0n) is 17.2. The third-order valence-corrected chi connectivity index (χ3v) is 4.95. The Hall–Kier alpha value is -3.16. The van der Waals surface area contributed by atoms with Crippen LogP contribution in [0.15, 0.2) is 36.9 Å². The molecular weight excluding hydrogens is 368 g/mol. The van der Waals surface area contributed by atoms with Gasteiger partial charge in [0, 0.05) is 43.6 Å². The molecule has 1 saturated heterocycles. The molecule has 0 bridgehead atoms. The number of carbonyl (C=O) groups is 1. The van der Waals surface area contributed by atoms with Crippen molar-refractivity contribution in [3.05, 3.63) is 36.9 Å². The van der Waals surface area contributed by atoms with Crippen LogP contribution in [0.1, 0.15) is 27.7 Å². The quantitative estimate of drug-likeness (QED) is 0.716. The van der Waals surface area contributed by atoms with Gasteiger partial charge in [-0.15, -0.1) is 0 Å². The van der Waals surface area contributed by atoms with Gasteiger partial charge in [-0.05, 0) is 39.8 Å². The fourth-order valence-electron chi connectivity index (χ4n) is 3.65. The second kappa shape index (κ2) is 7.35. The van der Waals surface area contributed by atoms with Crippen LogP contribution in [0.4, 0.5) is 10.6 Å². The van der Waals surface area contributed by atoms with Crippen molar-refractivity contribution in [2.45, 2.75) is 39.3 Å². The number of hydrogen-bond acceptors (Lipinski definition) is 6. The molecule has 0 radical (unpaired) electrons. The summed E-state index contributed by atoms with van der Waals surface area (Å²) in [5.41, 5.74) is 2.11. The Morgan fingerprint density at radius 1 is 1.21 bits per heavy atom. The van der Waals surface area contributed by atoms with E-state index in [4.69, 9.17) is 4.74 Å². The standard InChI is InChI=1S/C21H26N6O2/c1-14-12-26(9-10-27(14)20(28)29-21(2,3)4)19-17-15(16-7-5-6-8-22-16)11-23-18(17)24-13-25-19/h5-8,11,13-14H,9-10,12H2,1-4H3,(H,23,24,25)/t14-/m1/s1. The monoisotopic (exact) mass is 394 g/mol. The highest BCUT2D eigenvalue weighted by molar-refractivity contribution is 6.00. The van der Waals surface area contributed by atoms with Gasteiger partial charge >= 0.3 is 6.09 Å². The van der Waals surface area contributed by atoms with Crippen LogP contribution >= 0.6 is 0 Å². The van der Waals surface area contributed by atoms with E-state index < -0.39 is 5.60 Å². The number of piperazine rings is 1. The van der Waals surface area contributed by atoms with Gasteiger partial charge in [-0.3, -0.25) is 4.98 Å². The molecule has 1 aliphatic rings. The summed E-state index contributed by atoms with van der Waals surface area (Å²) in [6.45, 7) is 9.59. The summed E-state index contributed by atoms with van der Waals surface area (Å²) in [6.07, 6.45) is 5.00. The fourth-order valence-corrected chi connectivity index (χ4v) is 3.65. The van der Waals surface area contributed by atoms with Crippen molar-refractivity contribution >= 4 is 22.9 Å². The fraction of sp³-hybridized carbons (Fsp3) is 0.429. The van der Waals surface area contributed by atoms with Crippen LogP contribution in [0, 0.1) is 0 Å². The topological polar surface area (TPSA) is 87.2 Å². The second-order valence-electron chi connectivity index (χ2n) is 8.31. The first kappa shape index (κ1) is 19.2. The van der Waals surface area contributed by atoms with Crippen LogP contribution < -0.4 is 4.90 Å². The predicted molar refractivity (Wildman–Crippen MR) is 112 cm³/mol. The molecule has 1 atom stereocenters. The Morgan fingerprint density at radius 3 is 2.72 bits per heavy atom. The zero-order chi connectivity index (χ0) is 20.6. The summed E-state index contributed by atoms with van der Waals surface area (Å²) >= 11 is 0. The van der Waals surface area contributed by atoms with Gasteiger partial charge in [0.2, 0.25) is 0 Å². The van der Waals surface area contributed by atoms with Crippen molar-refractivity contribution < 1.29 is 9.53 Å². The zero-order valence-corrected chi connectivity index (χ0v) is 17.2. The highest BCUT2D eigenvalue weighted by Gasteiger charge is 2.32. The maximum atomic E-state index is 12.5. The summed E-state index contributed by atoms with van der Waals surface area (Å²) in [4.78, 5) is 33.2. The number of carbonyl (C=O) groups excluding carboxylic acids is 1. The molecule has 3 aromatic rings. The molecule has 1 aliphatic heterocycles. The highest BCUT2D eigenvalue weighted by Crippen LogP contribution is 2.33. The normalized spacial score (nSPS) is 17.6. The van der Waals surface area contributed by atoms with E-state index in [1.807, 2.05) is 52.1 Å². The molecule has 0 aromatic carbocycles. The first-order valence-electron chi connectivity index (χ1n) is 9.81. The summed E-state index contributed by atoms with van der Waals surface area (Å²) in [5, 5.41) is 0.948. The van der Waals surface area contributed by atoms with Gasteiger partial charge in [-0.1, -0.05) is 6.07 Å². The smallest absolute Gasteiger partial charge is 0.410 e. The van der Waals surface area contributed by atoms with E-state index in [1.54, 1.807) is 17.4 Å². The third-order valence-electron chi connectivity index (χ3n) is 4.95. The van der Waals surface area contributed by atoms with Crippen LogP contribution in [0.3, 0.4) is 0 Å². The Labute approximate surface area is 169 Å². The lowest BCUT2D eigenvalue weighted by Crippen LogP contribution is -2.55. The molecule has 0 spiro atoms. The number of anilines is 1. The molecule has 0 aliphatic carbocycles. The van der Waals surface area contributed by atoms with Gasteiger partial charge in [-0.25, -0.2) is 14.8 Å². The number of nitrogens with zero attached hydrogens (tertiary/aromatic N) is 5. The molecule has 8 nitrogen and oxygen atoms in total. The number of nitrogens with one attached hydrogen (secondary N) is 1. The molecule has 29 heavy (non-hydrogen) atoms. The molecule has 0 unspecified atom stereocenters. The molecule has 4 rings (SSSR count).